The van der Waals surface area contributed by atoms with Crippen molar-refractivity contribution in [2.24, 2.45) is 0 Å². The van der Waals surface area contributed by atoms with Crippen LogP contribution >= 0.6 is 0 Å². The van der Waals surface area contributed by atoms with Crippen LogP contribution in [0, 0.1) is 0 Å². The van der Waals surface area contributed by atoms with Crippen molar-refractivity contribution < 1.29 is 4.42 Å². The number of para-hydroxylation sites is 1. The lowest BCUT2D eigenvalue weighted by Gasteiger charge is -2.21. The number of furan rings is 1. The van der Waals surface area contributed by atoms with E-state index in [4.69, 9.17) is 34.3 Å². The molecule has 0 fully saturated rings. The summed E-state index contributed by atoms with van der Waals surface area (Å²) in [5.74, 6) is 3.93. The van der Waals surface area contributed by atoms with E-state index < -0.39 is 0 Å². The van der Waals surface area contributed by atoms with Crippen molar-refractivity contribution in [3.63, 3.8) is 0 Å². The molecule has 3 heterocycles. The normalized spacial score (nSPS) is 12.3. The van der Waals surface area contributed by atoms with Crippen LogP contribution < -0.4 is 0 Å². The molecule has 0 radical (unpaired) electrons. The quantitative estimate of drug-likeness (QED) is 0.140. The number of benzene rings is 14. The van der Waals surface area contributed by atoms with Crippen LogP contribution in [0.3, 0.4) is 0 Å². The number of aromatic nitrogens is 6. The molecule has 92 heavy (non-hydrogen) atoms. The van der Waals surface area contributed by atoms with Gasteiger partial charge in [-0.3, -0.25) is 0 Å². The van der Waals surface area contributed by atoms with Gasteiger partial charge in [0.05, 0.1) is 0 Å². The number of hydrogen-bond acceptors (Lipinski definition) is 7. The molecule has 1 aliphatic carbocycles. The van der Waals surface area contributed by atoms with Crippen molar-refractivity contribution in [2.45, 2.75) is 19.3 Å². The molecule has 17 aromatic rings. The molecule has 0 amide bonds. The van der Waals surface area contributed by atoms with E-state index in [0.29, 0.717) is 34.9 Å². The Balaban J connectivity index is 0.000000141. The summed E-state index contributed by atoms with van der Waals surface area (Å²) in [6.07, 6.45) is 0. The first-order valence-electron chi connectivity index (χ1n) is 31.2. The van der Waals surface area contributed by atoms with Crippen LogP contribution in [0.15, 0.2) is 308 Å². The van der Waals surface area contributed by atoms with Gasteiger partial charge in [0, 0.05) is 55.0 Å². The van der Waals surface area contributed by atoms with Gasteiger partial charge in [-0.1, -0.05) is 281 Å². The van der Waals surface area contributed by atoms with Crippen molar-refractivity contribution in [3.05, 3.63) is 314 Å². The minimum atomic E-state index is -0.0293. The molecule has 18 rings (SSSR count). The minimum absolute atomic E-state index is 0.0293. The van der Waals surface area contributed by atoms with Crippen molar-refractivity contribution in [1.29, 1.82) is 0 Å². The standard InChI is InChI=1S/C44H31N3.C41H25N3O/c1-44(2)37-19-10-9-18-36(37)40-38(44)25-23-28-20-21-33-26-32(22-24-35(33)39(28)40)31-16-11-17-34(27-31)43-46-41(29-12-5-3-6-13-29)45-42(47-43)30-14-7-4-8-15-30;1-3-10-27(11-4-1)39-42-40(28-12-5-2-6-13-28)44-41(43-39)32-15-9-14-29(25-32)30-20-22-33-31(24-30)19-18-26-21-23-36-38(37(26)33)34-16-7-8-17-35(34)45-36/h3-27H,1-2H3;1-25H. The van der Waals surface area contributed by atoms with Crippen LogP contribution in [0.1, 0.15) is 25.0 Å². The SMILES string of the molecule is CC1(C)c2ccccc2-c2c1ccc1ccc3cc(-c4cccc(-c5nc(-c6ccccc6)nc(-c6ccccc6)n5)c4)ccc3c21.c1ccc(-c2nc(-c3ccccc3)nc(-c3cccc(-c4ccc5c(ccc6ccc7oc8ccccc8c7c65)c4)c3)n2)cc1. The summed E-state index contributed by atoms with van der Waals surface area (Å²) in [5.41, 5.74) is 17.6. The van der Waals surface area contributed by atoms with Crippen LogP contribution in [-0.2, 0) is 5.41 Å². The molecule has 0 saturated heterocycles. The van der Waals surface area contributed by atoms with Gasteiger partial charge in [0.1, 0.15) is 11.2 Å². The summed E-state index contributed by atoms with van der Waals surface area (Å²) in [6, 6.07) is 106. The highest BCUT2D eigenvalue weighted by atomic mass is 16.3. The second-order valence-electron chi connectivity index (χ2n) is 24.1. The Morgan fingerprint density at radius 3 is 1.14 bits per heavy atom. The van der Waals surface area contributed by atoms with Gasteiger partial charge in [-0.15, -0.1) is 0 Å². The Morgan fingerprint density at radius 2 is 0.620 bits per heavy atom. The van der Waals surface area contributed by atoms with Crippen LogP contribution in [0.4, 0.5) is 0 Å². The Morgan fingerprint density at radius 1 is 0.239 bits per heavy atom. The third kappa shape index (κ3) is 9.54. The fraction of sp³-hybridized carbons (Fsp3) is 0.0353. The molecule has 0 atom stereocenters. The van der Waals surface area contributed by atoms with E-state index in [1.54, 1.807) is 0 Å². The Labute approximate surface area is 531 Å². The monoisotopic (exact) mass is 1180 g/mol. The molecule has 7 heteroatoms. The third-order valence-corrected chi connectivity index (χ3v) is 18.2. The van der Waals surface area contributed by atoms with Gasteiger partial charge < -0.3 is 4.42 Å². The van der Waals surface area contributed by atoms with E-state index in [0.717, 1.165) is 72.2 Å². The van der Waals surface area contributed by atoms with Gasteiger partial charge in [-0.25, -0.2) is 29.9 Å². The second kappa shape index (κ2) is 22.2. The van der Waals surface area contributed by atoms with E-state index in [9.17, 15) is 0 Å². The van der Waals surface area contributed by atoms with Gasteiger partial charge in [0.15, 0.2) is 34.9 Å². The smallest absolute Gasteiger partial charge is 0.164 e. The lowest BCUT2D eigenvalue weighted by molar-refractivity contribution is 0.661. The first-order valence-corrected chi connectivity index (χ1v) is 31.2. The average Bonchev–Trinajstić information content (AvgIpc) is 1.53. The molecule has 3 aromatic heterocycles. The molecule has 0 unspecified atom stereocenters. The summed E-state index contributed by atoms with van der Waals surface area (Å²) in [5, 5.41) is 12.3. The highest BCUT2D eigenvalue weighted by Gasteiger charge is 2.36. The largest absolute Gasteiger partial charge is 0.456 e. The summed E-state index contributed by atoms with van der Waals surface area (Å²) in [6.45, 7) is 4.69. The summed E-state index contributed by atoms with van der Waals surface area (Å²) < 4.78 is 6.21. The molecule has 0 N–H and O–H groups in total. The van der Waals surface area contributed by atoms with Crippen LogP contribution in [0.5, 0.6) is 0 Å². The Kier molecular flexibility index (Phi) is 13.1. The van der Waals surface area contributed by atoms with E-state index in [1.165, 1.54) is 70.7 Å². The Hall–Kier alpha value is -12.1. The summed E-state index contributed by atoms with van der Waals surface area (Å²) in [7, 11) is 0. The average molecular weight is 1180 g/mol. The first-order chi connectivity index (χ1) is 45.3. The Bertz CT molecular complexity index is 5610. The molecule has 0 aliphatic heterocycles. The molecule has 14 aromatic carbocycles. The highest BCUT2D eigenvalue weighted by molar-refractivity contribution is 6.27. The maximum Gasteiger partial charge on any atom is 0.164 e. The van der Waals surface area contributed by atoms with Gasteiger partial charge in [0.2, 0.25) is 0 Å². The zero-order valence-electron chi connectivity index (χ0n) is 50.5. The number of nitrogens with zero attached hydrogens (tertiary/aromatic N) is 6. The van der Waals surface area contributed by atoms with E-state index in [-0.39, 0.29) is 5.41 Å². The van der Waals surface area contributed by atoms with E-state index in [2.05, 4.69) is 184 Å². The van der Waals surface area contributed by atoms with Gasteiger partial charge in [0.25, 0.3) is 0 Å². The maximum atomic E-state index is 6.21. The molecule has 0 spiro atoms. The summed E-state index contributed by atoms with van der Waals surface area (Å²) >= 11 is 0. The fourth-order valence-corrected chi connectivity index (χ4v) is 13.6. The molecule has 0 bridgehead atoms. The summed E-state index contributed by atoms with van der Waals surface area (Å²) in [4.78, 5) is 29.5. The number of rotatable bonds is 8. The van der Waals surface area contributed by atoms with Crippen LogP contribution in [-0.4, -0.2) is 29.9 Å². The van der Waals surface area contributed by atoms with Crippen molar-refractivity contribution >= 4 is 65.0 Å². The maximum absolute atomic E-state index is 6.21. The van der Waals surface area contributed by atoms with Crippen LogP contribution in [0.25, 0.3) is 167 Å². The predicted octanol–water partition coefficient (Wildman–Crippen LogP) is 21.9. The minimum Gasteiger partial charge on any atom is -0.456 e. The van der Waals surface area contributed by atoms with Gasteiger partial charge >= 0.3 is 0 Å². The predicted molar refractivity (Wildman–Crippen MR) is 378 cm³/mol. The molecule has 1 aliphatic rings. The van der Waals surface area contributed by atoms with Gasteiger partial charge in [-0.05, 0) is 119 Å². The second-order valence-corrected chi connectivity index (χ2v) is 24.1. The van der Waals surface area contributed by atoms with Crippen molar-refractivity contribution in [1.82, 2.24) is 29.9 Å². The third-order valence-electron chi connectivity index (χ3n) is 18.2. The highest BCUT2D eigenvalue weighted by Crippen LogP contribution is 2.52. The van der Waals surface area contributed by atoms with E-state index >= 15 is 0 Å². The lowest BCUT2D eigenvalue weighted by Crippen LogP contribution is -2.14. The first kappa shape index (κ1) is 54.1. The zero-order chi connectivity index (χ0) is 61.3. The molecule has 7 nitrogen and oxygen atoms in total. The topological polar surface area (TPSA) is 90.5 Å². The zero-order valence-corrected chi connectivity index (χ0v) is 50.5. The van der Waals surface area contributed by atoms with E-state index in [1.807, 2.05) is 133 Å². The lowest BCUT2D eigenvalue weighted by atomic mass is 9.82. The number of fused-ring (bicyclic) bond motifs is 14. The van der Waals surface area contributed by atoms with Gasteiger partial charge in [-0.2, -0.15) is 0 Å². The molecular formula is C85H56N6O. The molecule has 432 valence electrons. The number of hydrogen-bond donors (Lipinski definition) is 0. The van der Waals surface area contributed by atoms with Crippen LogP contribution in [0.2, 0.25) is 0 Å². The molecular weight excluding hydrogens is 1120 g/mol. The molecule has 0 saturated carbocycles. The van der Waals surface area contributed by atoms with Crippen molar-refractivity contribution in [2.75, 3.05) is 0 Å². The van der Waals surface area contributed by atoms with Crippen molar-refractivity contribution in [3.8, 4) is 102 Å². The fourth-order valence-electron chi connectivity index (χ4n) is 13.6.